The molecule has 0 aliphatic carbocycles. The van der Waals surface area contributed by atoms with E-state index in [-0.39, 0.29) is 6.04 Å². The minimum Gasteiger partial charge on any atom is -0.369 e. The number of rotatable bonds is 1. The van der Waals surface area contributed by atoms with Gasteiger partial charge in [0.2, 0.25) is 0 Å². The lowest BCUT2D eigenvalue weighted by Gasteiger charge is -2.35. The number of aryl methyl sites for hydroxylation is 1. The summed E-state index contributed by atoms with van der Waals surface area (Å²) in [6, 6.07) is 4.32. The Kier molecular flexibility index (Phi) is 3.06. The van der Waals surface area contributed by atoms with Crippen LogP contribution in [0.25, 0.3) is 0 Å². The highest BCUT2D eigenvalue weighted by Gasteiger charge is 2.32. The Hall–Kier alpha value is -1.19. The Bertz CT molecular complexity index is 410. The molecule has 0 amide bonds. The van der Waals surface area contributed by atoms with Crippen LogP contribution in [0, 0.1) is 0 Å². The first-order chi connectivity index (χ1) is 7.89. The van der Waals surface area contributed by atoms with E-state index in [9.17, 15) is 13.2 Å². The van der Waals surface area contributed by atoms with E-state index in [1.54, 1.807) is 6.07 Å². The molecular formula is C13H16F3N. The summed E-state index contributed by atoms with van der Waals surface area (Å²) in [4.78, 5) is 2.05. The molecule has 0 N–H and O–H groups in total. The fourth-order valence-electron chi connectivity index (χ4n) is 2.32. The van der Waals surface area contributed by atoms with Gasteiger partial charge in [0, 0.05) is 18.3 Å². The summed E-state index contributed by atoms with van der Waals surface area (Å²) in [7, 11) is 0. The van der Waals surface area contributed by atoms with Gasteiger partial charge in [-0.15, -0.1) is 0 Å². The van der Waals surface area contributed by atoms with Gasteiger partial charge >= 0.3 is 6.18 Å². The second-order valence-electron chi connectivity index (χ2n) is 4.73. The third-order valence-corrected chi connectivity index (χ3v) is 3.19. The normalized spacial score (nSPS) is 16.2. The lowest BCUT2D eigenvalue weighted by atomic mass is 9.98. The first kappa shape index (κ1) is 12.3. The van der Waals surface area contributed by atoms with Crippen molar-refractivity contribution in [3.05, 3.63) is 29.3 Å². The molecule has 17 heavy (non-hydrogen) atoms. The zero-order valence-corrected chi connectivity index (χ0v) is 10.0. The van der Waals surface area contributed by atoms with Crippen molar-refractivity contribution < 1.29 is 13.2 Å². The second-order valence-corrected chi connectivity index (χ2v) is 4.73. The largest absolute Gasteiger partial charge is 0.416 e. The molecule has 2 rings (SSSR count). The molecular weight excluding hydrogens is 227 g/mol. The highest BCUT2D eigenvalue weighted by Crippen LogP contribution is 2.36. The van der Waals surface area contributed by atoms with Crippen molar-refractivity contribution in [2.45, 2.75) is 38.9 Å². The molecule has 1 aliphatic rings. The summed E-state index contributed by atoms with van der Waals surface area (Å²) in [6.45, 7) is 4.86. The first-order valence-electron chi connectivity index (χ1n) is 5.86. The van der Waals surface area contributed by atoms with E-state index < -0.39 is 11.7 Å². The second kappa shape index (κ2) is 4.24. The molecule has 0 unspecified atom stereocenters. The van der Waals surface area contributed by atoms with Crippen molar-refractivity contribution in [1.29, 1.82) is 0 Å². The molecule has 0 saturated heterocycles. The summed E-state index contributed by atoms with van der Waals surface area (Å²) in [5.41, 5.74) is 1.22. The zero-order valence-electron chi connectivity index (χ0n) is 10.0. The molecule has 0 saturated carbocycles. The van der Waals surface area contributed by atoms with Crippen molar-refractivity contribution in [2.75, 3.05) is 11.4 Å². The molecule has 4 heteroatoms. The van der Waals surface area contributed by atoms with Crippen LogP contribution < -0.4 is 4.90 Å². The van der Waals surface area contributed by atoms with Gasteiger partial charge in [-0.2, -0.15) is 13.2 Å². The molecule has 1 nitrogen and oxygen atoms in total. The number of alkyl halides is 3. The summed E-state index contributed by atoms with van der Waals surface area (Å²) >= 11 is 0. The molecule has 0 bridgehead atoms. The van der Waals surface area contributed by atoms with Gasteiger partial charge < -0.3 is 4.90 Å². The number of hydrogen-bond acceptors (Lipinski definition) is 1. The van der Waals surface area contributed by atoms with Crippen molar-refractivity contribution in [1.82, 2.24) is 0 Å². The van der Waals surface area contributed by atoms with Crippen LogP contribution in [0.4, 0.5) is 18.9 Å². The standard InChI is InChI=1S/C13H16F3N/c1-9(2)17-7-3-4-10-5-6-11(8-12(10)17)13(14,15)16/h5-6,8-9H,3-4,7H2,1-2H3. The van der Waals surface area contributed by atoms with Gasteiger partial charge in [-0.05, 0) is 44.4 Å². The number of anilines is 1. The maximum absolute atomic E-state index is 12.7. The summed E-state index contributed by atoms with van der Waals surface area (Å²) in [5, 5.41) is 0. The van der Waals surface area contributed by atoms with E-state index in [0.29, 0.717) is 0 Å². The maximum Gasteiger partial charge on any atom is 0.416 e. The SMILES string of the molecule is CC(C)N1CCCc2ccc(C(F)(F)F)cc21. The summed E-state index contributed by atoms with van der Waals surface area (Å²) < 4.78 is 38.0. The molecule has 94 valence electrons. The number of nitrogens with zero attached hydrogens (tertiary/aromatic N) is 1. The highest BCUT2D eigenvalue weighted by molar-refractivity contribution is 5.58. The van der Waals surface area contributed by atoms with Gasteiger partial charge in [-0.25, -0.2) is 0 Å². The van der Waals surface area contributed by atoms with Crippen LogP contribution in [0.1, 0.15) is 31.4 Å². The van der Waals surface area contributed by atoms with Crippen LogP contribution in [0.15, 0.2) is 18.2 Å². The Morgan fingerprint density at radius 2 is 1.94 bits per heavy atom. The van der Waals surface area contributed by atoms with Gasteiger partial charge in [-0.3, -0.25) is 0 Å². The molecule has 1 heterocycles. The van der Waals surface area contributed by atoms with E-state index in [4.69, 9.17) is 0 Å². The van der Waals surface area contributed by atoms with Gasteiger partial charge in [0.15, 0.2) is 0 Å². The molecule has 0 radical (unpaired) electrons. The van der Waals surface area contributed by atoms with E-state index in [2.05, 4.69) is 0 Å². The Morgan fingerprint density at radius 1 is 1.24 bits per heavy atom. The Labute approximate surface area is 99.2 Å². The number of fused-ring (bicyclic) bond motifs is 1. The van der Waals surface area contributed by atoms with E-state index in [1.807, 2.05) is 18.7 Å². The lowest BCUT2D eigenvalue weighted by molar-refractivity contribution is -0.137. The van der Waals surface area contributed by atoms with Crippen LogP contribution in [0.5, 0.6) is 0 Å². The van der Waals surface area contributed by atoms with Crippen molar-refractivity contribution in [3.8, 4) is 0 Å². The van der Waals surface area contributed by atoms with Crippen molar-refractivity contribution in [2.24, 2.45) is 0 Å². The summed E-state index contributed by atoms with van der Waals surface area (Å²) in [6.07, 6.45) is -2.37. The fourth-order valence-corrected chi connectivity index (χ4v) is 2.32. The Morgan fingerprint density at radius 3 is 2.53 bits per heavy atom. The average Bonchev–Trinajstić information content (AvgIpc) is 2.26. The maximum atomic E-state index is 12.7. The molecule has 1 aromatic rings. The minimum atomic E-state index is -4.25. The topological polar surface area (TPSA) is 3.24 Å². The number of benzene rings is 1. The van der Waals surface area contributed by atoms with Crippen molar-refractivity contribution >= 4 is 5.69 Å². The van der Waals surface area contributed by atoms with Crippen molar-refractivity contribution in [3.63, 3.8) is 0 Å². The van der Waals surface area contributed by atoms with E-state index in [1.165, 1.54) is 12.1 Å². The van der Waals surface area contributed by atoms with E-state index in [0.717, 1.165) is 30.6 Å². The predicted octanol–water partition coefficient (Wildman–Crippen LogP) is 3.87. The van der Waals surface area contributed by atoms with E-state index >= 15 is 0 Å². The van der Waals surface area contributed by atoms with Crippen LogP contribution >= 0.6 is 0 Å². The third kappa shape index (κ3) is 2.40. The smallest absolute Gasteiger partial charge is 0.369 e. The lowest BCUT2D eigenvalue weighted by Crippen LogP contribution is -2.35. The average molecular weight is 243 g/mol. The van der Waals surface area contributed by atoms with Gasteiger partial charge in [0.05, 0.1) is 5.56 Å². The molecule has 0 atom stereocenters. The third-order valence-electron chi connectivity index (χ3n) is 3.19. The van der Waals surface area contributed by atoms with Gasteiger partial charge in [0.25, 0.3) is 0 Å². The quantitative estimate of drug-likeness (QED) is 0.723. The van der Waals surface area contributed by atoms with Crippen LogP contribution in [0.2, 0.25) is 0 Å². The molecule has 0 fully saturated rings. The molecule has 0 spiro atoms. The van der Waals surface area contributed by atoms with Crippen LogP contribution in [0.3, 0.4) is 0 Å². The molecule has 0 aromatic heterocycles. The number of hydrogen-bond donors (Lipinski definition) is 0. The first-order valence-corrected chi connectivity index (χ1v) is 5.86. The summed E-state index contributed by atoms with van der Waals surface area (Å²) in [5.74, 6) is 0. The van der Waals surface area contributed by atoms with Gasteiger partial charge in [-0.1, -0.05) is 6.07 Å². The monoisotopic (exact) mass is 243 g/mol. The predicted molar refractivity (Wildman–Crippen MR) is 62.2 cm³/mol. The Balaban J connectivity index is 2.44. The number of halogens is 3. The minimum absolute atomic E-state index is 0.234. The van der Waals surface area contributed by atoms with Gasteiger partial charge in [0.1, 0.15) is 0 Å². The molecule has 1 aromatic carbocycles. The van der Waals surface area contributed by atoms with Crippen LogP contribution in [-0.4, -0.2) is 12.6 Å². The zero-order chi connectivity index (χ0) is 12.6. The molecule has 1 aliphatic heterocycles. The van der Waals surface area contributed by atoms with Crippen LogP contribution in [-0.2, 0) is 12.6 Å². The fraction of sp³-hybridized carbons (Fsp3) is 0.538. The highest BCUT2D eigenvalue weighted by atomic mass is 19.4.